The van der Waals surface area contributed by atoms with Crippen LogP contribution in [0.1, 0.15) is 5.56 Å². The van der Waals surface area contributed by atoms with Gasteiger partial charge in [0.05, 0.1) is 7.11 Å². The molecule has 2 aromatic rings. The number of nitrogens with two attached hydrogens (primary N) is 1. The average Bonchev–Trinajstić information content (AvgIpc) is 2.40. The predicted octanol–water partition coefficient (Wildman–Crippen LogP) is 2.10. The normalized spacial score (nSPS) is 10.2. The van der Waals surface area contributed by atoms with Crippen LogP contribution in [-0.2, 0) is 6.54 Å². The first-order valence-electron chi connectivity index (χ1n) is 5.15. The minimum atomic E-state index is 0.485. The maximum atomic E-state index is 5.70. The molecule has 0 spiro atoms. The van der Waals surface area contributed by atoms with Crippen molar-refractivity contribution in [2.75, 3.05) is 7.11 Å². The Morgan fingerprint density at radius 1 is 1.29 bits per heavy atom. The molecule has 0 amide bonds. The topological polar surface area (TPSA) is 61.0 Å². The number of hydrogen-bond donors (Lipinski definition) is 1. The quantitative estimate of drug-likeness (QED) is 0.838. The third-order valence-electron chi connectivity index (χ3n) is 2.24. The van der Waals surface area contributed by atoms with Crippen molar-refractivity contribution in [2.24, 2.45) is 5.73 Å². The number of benzene rings is 1. The van der Waals surface area contributed by atoms with Crippen LogP contribution in [0.15, 0.2) is 46.7 Å². The largest absolute Gasteiger partial charge is 0.497 e. The predicted molar refractivity (Wildman–Crippen MR) is 67.0 cm³/mol. The molecule has 0 aliphatic carbocycles. The fourth-order valence-electron chi connectivity index (χ4n) is 1.36. The first-order valence-corrected chi connectivity index (χ1v) is 5.97. The van der Waals surface area contributed by atoms with E-state index in [2.05, 4.69) is 9.97 Å². The van der Waals surface area contributed by atoms with Crippen LogP contribution in [0.5, 0.6) is 5.75 Å². The van der Waals surface area contributed by atoms with E-state index in [1.807, 2.05) is 18.2 Å². The molecule has 2 rings (SSSR count). The van der Waals surface area contributed by atoms with Crippen molar-refractivity contribution in [1.82, 2.24) is 9.97 Å². The van der Waals surface area contributed by atoms with E-state index in [4.69, 9.17) is 10.5 Å². The molecular weight excluding hydrogens is 234 g/mol. The molecule has 2 N–H and O–H groups in total. The standard InChI is InChI=1S/C12H13N3OS/c1-16-10-4-3-9(8-13)11(7-10)17-12-14-5-2-6-15-12/h2-7H,8,13H2,1H3. The van der Waals surface area contributed by atoms with E-state index in [1.54, 1.807) is 25.6 Å². The third kappa shape index (κ3) is 2.95. The van der Waals surface area contributed by atoms with Crippen LogP contribution in [0.4, 0.5) is 0 Å². The van der Waals surface area contributed by atoms with E-state index in [9.17, 15) is 0 Å². The molecule has 5 heteroatoms. The van der Waals surface area contributed by atoms with Crippen LogP contribution in [0, 0.1) is 0 Å². The first-order chi connectivity index (χ1) is 8.33. The Morgan fingerprint density at radius 2 is 2.06 bits per heavy atom. The minimum absolute atomic E-state index is 0.485. The second-order valence-electron chi connectivity index (χ2n) is 3.31. The Balaban J connectivity index is 2.30. The van der Waals surface area contributed by atoms with E-state index in [1.165, 1.54) is 11.8 Å². The van der Waals surface area contributed by atoms with Gasteiger partial charge in [-0.05, 0) is 35.5 Å². The van der Waals surface area contributed by atoms with Gasteiger partial charge in [-0.2, -0.15) is 0 Å². The van der Waals surface area contributed by atoms with Gasteiger partial charge in [-0.3, -0.25) is 0 Å². The SMILES string of the molecule is COc1ccc(CN)c(Sc2ncccn2)c1. The second-order valence-corrected chi connectivity index (χ2v) is 4.32. The highest BCUT2D eigenvalue weighted by Crippen LogP contribution is 2.30. The lowest BCUT2D eigenvalue weighted by Crippen LogP contribution is -1.99. The van der Waals surface area contributed by atoms with Gasteiger partial charge in [0, 0.05) is 23.8 Å². The molecule has 0 atom stereocenters. The molecule has 1 aromatic heterocycles. The molecule has 0 saturated carbocycles. The molecule has 4 nitrogen and oxygen atoms in total. The molecule has 0 aliphatic rings. The summed E-state index contributed by atoms with van der Waals surface area (Å²) >= 11 is 1.49. The van der Waals surface area contributed by atoms with Crippen molar-refractivity contribution in [1.29, 1.82) is 0 Å². The van der Waals surface area contributed by atoms with Gasteiger partial charge in [-0.15, -0.1) is 0 Å². The van der Waals surface area contributed by atoms with Crippen LogP contribution in [-0.4, -0.2) is 17.1 Å². The Kier molecular flexibility index (Phi) is 3.95. The van der Waals surface area contributed by atoms with Gasteiger partial charge in [-0.25, -0.2) is 9.97 Å². The Hall–Kier alpha value is -1.59. The molecule has 0 aliphatic heterocycles. The van der Waals surface area contributed by atoms with Gasteiger partial charge < -0.3 is 10.5 Å². The minimum Gasteiger partial charge on any atom is -0.497 e. The fraction of sp³-hybridized carbons (Fsp3) is 0.167. The summed E-state index contributed by atoms with van der Waals surface area (Å²) < 4.78 is 5.20. The molecule has 17 heavy (non-hydrogen) atoms. The Morgan fingerprint density at radius 3 is 2.71 bits per heavy atom. The summed E-state index contributed by atoms with van der Waals surface area (Å²) in [6, 6.07) is 7.60. The molecule has 0 radical (unpaired) electrons. The van der Waals surface area contributed by atoms with E-state index in [-0.39, 0.29) is 0 Å². The van der Waals surface area contributed by atoms with Crippen LogP contribution >= 0.6 is 11.8 Å². The van der Waals surface area contributed by atoms with Gasteiger partial charge in [0.25, 0.3) is 0 Å². The highest BCUT2D eigenvalue weighted by molar-refractivity contribution is 7.99. The summed E-state index contributed by atoms with van der Waals surface area (Å²) in [6.07, 6.45) is 3.44. The monoisotopic (exact) mass is 247 g/mol. The van der Waals surface area contributed by atoms with Gasteiger partial charge in [-0.1, -0.05) is 6.07 Å². The molecule has 1 aromatic carbocycles. The number of rotatable bonds is 4. The van der Waals surface area contributed by atoms with Gasteiger partial charge in [0.15, 0.2) is 5.16 Å². The summed E-state index contributed by atoms with van der Waals surface area (Å²) in [5.74, 6) is 0.806. The molecule has 0 saturated heterocycles. The number of hydrogen-bond acceptors (Lipinski definition) is 5. The molecule has 1 heterocycles. The van der Waals surface area contributed by atoms with Crippen molar-refractivity contribution in [2.45, 2.75) is 16.6 Å². The molecule has 0 unspecified atom stereocenters. The zero-order chi connectivity index (χ0) is 12.1. The van der Waals surface area contributed by atoms with Crippen LogP contribution < -0.4 is 10.5 Å². The van der Waals surface area contributed by atoms with E-state index >= 15 is 0 Å². The summed E-state index contributed by atoms with van der Waals surface area (Å²) in [5, 5.41) is 0.704. The lowest BCUT2D eigenvalue weighted by atomic mass is 10.2. The van der Waals surface area contributed by atoms with Crippen molar-refractivity contribution in [3.63, 3.8) is 0 Å². The van der Waals surface area contributed by atoms with Crippen molar-refractivity contribution < 1.29 is 4.74 Å². The smallest absolute Gasteiger partial charge is 0.192 e. The van der Waals surface area contributed by atoms with Crippen molar-refractivity contribution in [3.8, 4) is 5.75 Å². The highest BCUT2D eigenvalue weighted by Gasteiger charge is 2.06. The number of ether oxygens (including phenoxy) is 1. The van der Waals surface area contributed by atoms with Crippen LogP contribution in [0.2, 0.25) is 0 Å². The van der Waals surface area contributed by atoms with E-state index in [0.29, 0.717) is 11.7 Å². The first kappa shape index (κ1) is 11.9. The van der Waals surface area contributed by atoms with E-state index < -0.39 is 0 Å². The van der Waals surface area contributed by atoms with Crippen molar-refractivity contribution >= 4 is 11.8 Å². The van der Waals surface area contributed by atoms with Gasteiger partial charge in [0.1, 0.15) is 5.75 Å². The lowest BCUT2D eigenvalue weighted by Gasteiger charge is -2.08. The Bertz CT molecular complexity index is 490. The van der Waals surface area contributed by atoms with Crippen LogP contribution in [0.25, 0.3) is 0 Å². The summed E-state index contributed by atoms with van der Waals surface area (Å²) in [6.45, 7) is 0.485. The zero-order valence-corrected chi connectivity index (χ0v) is 10.3. The summed E-state index contributed by atoms with van der Waals surface area (Å²) in [7, 11) is 1.64. The molecule has 0 fully saturated rings. The number of nitrogens with zero attached hydrogens (tertiary/aromatic N) is 2. The Labute approximate surface area is 104 Å². The van der Waals surface area contributed by atoms with E-state index in [0.717, 1.165) is 16.2 Å². The highest BCUT2D eigenvalue weighted by atomic mass is 32.2. The summed E-state index contributed by atoms with van der Waals surface area (Å²) in [5.41, 5.74) is 6.76. The summed E-state index contributed by atoms with van der Waals surface area (Å²) in [4.78, 5) is 9.38. The fourth-order valence-corrected chi connectivity index (χ4v) is 2.24. The lowest BCUT2D eigenvalue weighted by molar-refractivity contribution is 0.413. The van der Waals surface area contributed by atoms with Crippen molar-refractivity contribution in [3.05, 3.63) is 42.2 Å². The number of aromatic nitrogens is 2. The van der Waals surface area contributed by atoms with Gasteiger partial charge in [0.2, 0.25) is 0 Å². The molecule has 0 bridgehead atoms. The molecular formula is C12H13N3OS. The zero-order valence-electron chi connectivity index (χ0n) is 9.46. The number of methoxy groups -OCH3 is 1. The maximum Gasteiger partial charge on any atom is 0.192 e. The maximum absolute atomic E-state index is 5.70. The second kappa shape index (κ2) is 5.65. The van der Waals surface area contributed by atoms with Gasteiger partial charge >= 0.3 is 0 Å². The average molecular weight is 247 g/mol. The third-order valence-corrected chi connectivity index (χ3v) is 3.23. The van der Waals surface area contributed by atoms with Crippen LogP contribution in [0.3, 0.4) is 0 Å². The molecule has 88 valence electrons.